The molecule has 10 heteroatoms. The standard InChI is InChI=1S/C12H13F5N2O2S/c1-12(7-18,8-21-2)19-11(20)9-3-5-10(6-4-9)22(13,14,15,16)17/h3-6H,8H2,1-2H3,(H,19,20). The van der Waals surface area contributed by atoms with Gasteiger partial charge in [0.05, 0.1) is 12.7 Å². The van der Waals surface area contributed by atoms with Gasteiger partial charge in [-0.15, -0.1) is 0 Å². The number of nitrogens with one attached hydrogen (secondary N) is 1. The number of methoxy groups -OCH3 is 1. The van der Waals surface area contributed by atoms with E-state index in [1.54, 1.807) is 6.07 Å². The monoisotopic (exact) mass is 344 g/mol. The molecule has 0 aliphatic carbocycles. The van der Waals surface area contributed by atoms with Crippen LogP contribution in [0.4, 0.5) is 19.4 Å². The Kier molecular flexibility index (Phi) is 3.99. The summed E-state index contributed by atoms with van der Waals surface area (Å²) in [5, 5.41) is 11.2. The van der Waals surface area contributed by atoms with Crippen LogP contribution in [-0.4, -0.2) is 25.2 Å². The third-order valence-electron chi connectivity index (χ3n) is 2.63. The smallest absolute Gasteiger partial charge is 0.310 e. The summed E-state index contributed by atoms with van der Waals surface area (Å²) in [5.74, 6) is -0.880. The molecule has 124 valence electrons. The Morgan fingerprint density at radius 3 is 2.14 bits per heavy atom. The van der Waals surface area contributed by atoms with Crippen molar-refractivity contribution < 1.29 is 29.0 Å². The molecule has 0 radical (unpaired) electrons. The average molecular weight is 344 g/mol. The van der Waals surface area contributed by atoms with Crippen LogP contribution in [0.3, 0.4) is 0 Å². The van der Waals surface area contributed by atoms with E-state index in [9.17, 15) is 24.2 Å². The zero-order valence-electron chi connectivity index (χ0n) is 11.6. The molecule has 0 aromatic heterocycles. The maximum atomic E-state index is 12.5. The van der Waals surface area contributed by atoms with Gasteiger partial charge < -0.3 is 10.1 Å². The lowest BCUT2D eigenvalue weighted by Gasteiger charge is -2.40. The molecule has 0 saturated heterocycles. The number of rotatable bonds is 5. The van der Waals surface area contributed by atoms with Gasteiger partial charge in [-0.25, -0.2) is 0 Å². The topological polar surface area (TPSA) is 62.1 Å². The zero-order chi connectivity index (χ0) is 17.3. The largest absolute Gasteiger partial charge is 0.381 e. The van der Waals surface area contributed by atoms with Crippen LogP contribution in [0.2, 0.25) is 0 Å². The van der Waals surface area contributed by atoms with Gasteiger partial charge >= 0.3 is 10.2 Å². The van der Waals surface area contributed by atoms with Crippen molar-refractivity contribution in [3.8, 4) is 6.07 Å². The van der Waals surface area contributed by atoms with Crippen molar-refractivity contribution in [3.05, 3.63) is 29.8 Å². The normalized spacial score (nSPS) is 17.5. The van der Waals surface area contributed by atoms with Crippen molar-refractivity contribution in [2.45, 2.75) is 17.4 Å². The Labute approximate surface area is 123 Å². The highest BCUT2D eigenvalue weighted by atomic mass is 32.5. The van der Waals surface area contributed by atoms with Gasteiger partial charge in [-0.3, -0.25) is 4.79 Å². The number of nitrogens with zero attached hydrogens (tertiary/aromatic N) is 1. The first-order valence-corrected chi connectivity index (χ1v) is 7.73. The lowest BCUT2D eigenvalue weighted by molar-refractivity contribution is 0.0860. The number of hydrogen-bond donors (Lipinski definition) is 1. The number of carbonyl (C=O) groups is 1. The molecule has 0 aliphatic heterocycles. The maximum absolute atomic E-state index is 12.5. The van der Waals surface area contributed by atoms with Crippen LogP contribution in [0.15, 0.2) is 29.2 Å². The Morgan fingerprint density at radius 2 is 1.77 bits per heavy atom. The average Bonchev–Trinajstić information content (AvgIpc) is 2.36. The van der Waals surface area contributed by atoms with Gasteiger partial charge in [0.1, 0.15) is 10.4 Å². The molecule has 22 heavy (non-hydrogen) atoms. The minimum absolute atomic E-state index is 0.135. The Morgan fingerprint density at radius 1 is 1.27 bits per heavy atom. The predicted octanol–water partition coefficient (Wildman–Crippen LogP) is 4.00. The fraction of sp³-hybridized carbons (Fsp3) is 0.333. The Hall–Kier alpha value is -1.86. The molecule has 1 atom stereocenters. The number of carbonyl (C=O) groups excluding carboxylic acids is 1. The van der Waals surface area contributed by atoms with Gasteiger partial charge in [0.25, 0.3) is 5.91 Å². The second-order valence-corrected chi connectivity index (χ2v) is 7.23. The second-order valence-electron chi connectivity index (χ2n) is 4.82. The summed E-state index contributed by atoms with van der Waals surface area (Å²) >= 11 is 0. The van der Waals surface area contributed by atoms with Crippen LogP contribution in [0.25, 0.3) is 0 Å². The second kappa shape index (κ2) is 4.82. The van der Waals surface area contributed by atoms with E-state index in [1.807, 2.05) is 0 Å². The van der Waals surface area contributed by atoms with E-state index < -0.39 is 26.6 Å². The van der Waals surface area contributed by atoms with E-state index in [0.29, 0.717) is 12.1 Å². The minimum atomic E-state index is -9.77. The molecule has 0 aliphatic rings. The summed E-state index contributed by atoms with van der Waals surface area (Å²) in [5.41, 5.74) is -1.69. The fourth-order valence-corrected chi connectivity index (χ4v) is 2.22. The number of ether oxygens (including phenoxy) is 1. The summed E-state index contributed by atoms with van der Waals surface area (Å²) in [7, 11) is -8.47. The van der Waals surface area contributed by atoms with E-state index >= 15 is 0 Å². The van der Waals surface area contributed by atoms with Crippen LogP contribution < -0.4 is 5.32 Å². The maximum Gasteiger partial charge on any atom is 0.310 e. The third-order valence-corrected chi connectivity index (χ3v) is 3.79. The number of benzene rings is 1. The first-order valence-electron chi connectivity index (χ1n) is 5.78. The molecule has 1 aromatic carbocycles. The van der Waals surface area contributed by atoms with E-state index in [2.05, 4.69) is 5.32 Å². The van der Waals surface area contributed by atoms with Crippen molar-refractivity contribution in [3.63, 3.8) is 0 Å². The fourth-order valence-electron chi connectivity index (χ4n) is 1.57. The van der Waals surface area contributed by atoms with Gasteiger partial charge in [0, 0.05) is 12.7 Å². The van der Waals surface area contributed by atoms with Gasteiger partial charge in [-0.05, 0) is 31.2 Å². The van der Waals surface area contributed by atoms with Crippen molar-refractivity contribution >= 4 is 16.1 Å². The van der Waals surface area contributed by atoms with Crippen LogP contribution in [0.1, 0.15) is 17.3 Å². The van der Waals surface area contributed by atoms with Crippen LogP contribution in [0.5, 0.6) is 0 Å². The summed E-state index contributed by atoms with van der Waals surface area (Å²) in [6, 6.07) is 3.28. The van der Waals surface area contributed by atoms with E-state index in [-0.39, 0.29) is 24.3 Å². The van der Waals surface area contributed by atoms with Crippen molar-refractivity contribution in [1.82, 2.24) is 5.32 Å². The molecule has 1 rings (SSSR count). The first-order chi connectivity index (χ1) is 9.70. The lowest BCUT2D eigenvalue weighted by Crippen LogP contribution is -2.48. The van der Waals surface area contributed by atoms with E-state index in [0.717, 1.165) is 0 Å². The van der Waals surface area contributed by atoms with Crippen molar-refractivity contribution in [2.75, 3.05) is 13.7 Å². The third kappa shape index (κ3) is 4.57. The molecular weight excluding hydrogens is 331 g/mol. The molecule has 0 fully saturated rings. The summed E-state index contributed by atoms with van der Waals surface area (Å²) in [6.07, 6.45) is 0. The van der Waals surface area contributed by atoms with E-state index in [4.69, 9.17) is 10.00 Å². The molecule has 0 bridgehead atoms. The molecule has 1 amide bonds. The molecule has 0 spiro atoms. The summed E-state index contributed by atoms with van der Waals surface area (Å²) in [4.78, 5) is 9.75. The quantitative estimate of drug-likeness (QED) is 0.821. The SMILES string of the molecule is COCC(C)(C#N)NC(=O)c1ccc(S(F)(F)(F)(F)F)cc1. The molecule has 1 unspecified atom stereocenters. The number of halogens is 5. The Bertz CT molecular complexity index is 624. The summed E-state index contributed by atoms with van der Waals surface area (Å²) in [6.45, 7) is 1.19. The van der Waals surface area contributed by atoms with Gasteiger partial charge in [-0.2, -0.15) is 5.26 Å². The van der Waals surface area contributed by atoms with Crippen molar-refractivity contribution in [2.24, 2.45) is 0 Å². The molecular formula is C12H13F5N2O2S. The van der Waals surface area contributed by atoms with Crippen molar-refractivity contribution in [1.29, 1.82) is 5.26 Å². The molecule has 0 saturated carbocycles. The van der Waals surface area contributed by atoms with Crippen LogP contribution >= 0.6 is 10.2 Å². The lowest BCUT2D eigenvalue weighted by atomic mass is 10.1. The van der Waals surface area contributed by atoms with Gasteiger partial charge in [0.15, 0.2) is 0 Å². The molecule has 1 N–H and O–H groups in total. The predicted molar refractivity (Wildman–Crippen MR) is 71.2 cm³/mol. The van der Waals surface area contributed by atoms with E-state index in [1.165, 1.54) is 14.0 Å². The number of nitriles is 1. The zero-order valence-corrected chi connectivity index (χ0v) is 12.4. The number of hydrogen-bond acceptors (Lipinski definition) is 3. The summed E-state index contributed by atoms with van der Waals surface area (Å²) < 4.78 is 67.5. The molecule has 0 heterocycles. The highest BCUT2D eigenvalue weighted by Gasteiger charge is 2.65. The minimum Gasteiger partial charge on any atom is -0.381 e. The Balaban J connectivity index is 3.03. The van der Waals surface area contributed by atoms with Crippen LogP contribution in [0, 0.1) is 11.3 Å². The molecule has 1 aromatic rings. The highest BCUT2D eigenvalue weighted by Crippen LogP contribution is 3.02. The first kappa shape index (κ1) is 18.2. The van der Waals surface area contributed by atoms with Gasteiger partial charge in [0.2, 0.25) is 0 Å². The van der Waals surface area contributed by atoms with Crippen LogP contribution in [-0.2, 0) is 4.74 Å². The van der Waals surface area contributed by atoms with Gasteiger partial charge in [-0.1, -0.05) is 19.4 Å². The molecule has 4 nitrogen and oxygen atoms in total. The number of amides is 1. The highest BCUT2D eigenvalue weighted by molar-refractivity contribution is 8.45.